The Morgan fingerprint density at radius 1 is 0.950 bits per heavy atom. The lowest BCUT2D eigenvalue weighted by molar-refractivity contribution is 0.797. The number of nitrogens with one attached hydrogen (secondary N) is 1. The predicted molar refractivity (Wildman–Crippen MR) is 86.7 cm³/mol. The third-order valence-corrected chi connectivity index (χ3v) is 4.38. The van der Waals surface area contributed by atoms with Gasteiger partial charge in [0, 0.05) is 16.3 Å². The molecule has 2 nitrogen and oxygen atoms in total. The minimum absolute atomic E-state index is 0.855. The van der Waals surface area contributed by atoms with Crippen molar-refractivity contribution in [1.29, 1.82) is 0 Å². The molecule has 0 amide bonds. The summed E-state index contributed by atoms with van der Waals surface area (Å²) in [5.74, 6) is 0. The smallest absolute Gasteiger partial charge is 0.0657 e. The molecular weight excluding hydrogens is 264 g/mol. The molecule has 2 heterocycles. The van der Waals surface area contributed by atoms with Crippen LogP contribution in [0.4, 0.5) is 0 Å². The van der Waals surface area contributed by atoms with E-state index in [1.165, 1.54) is 27.4 Å². The molecule has 3 rings (SSSR count). The van der Waals surface area contributed by atoms with Crippen LogP contribution in [0.25, 0.3) is 11.1 Å². The van der Waals surface area contributed by atoms with Gasteiger partial charge in [0.15, 0.2) is 0 Å². The van der Waals surface area contributed by atoms with Crippen molar-refractivity contribution in [3.63, 3.8) is 0 Å². The van der Waals surface area contributed by atoms with Crippen LogP contribution in [0.5, 0.6) is 0 Å². The highest BCUT2D eigenvalue weighted by molar-refractivity contribution is 7.10. The van der Waals surface area contributed by atoms with E-state index < -0.39 is 0 Å². The van der Waals surface area contributed by atoms with E-state index in [0.29, 0.717) is 0 Å². The van der Waals surface area contributed by atoms with E-state index >= 15 is 0 Å². The molecule has 0 unspecified atom stereocenters. The second-order valence-electron chi connectivity index (χ2n) is 4.95. The summed E-state index contributed by atoms with van der Waals surface area (Å²) in [6.45, 7) is 5.08. The van der Waals surface area contributed by atoms with E-state index in [9.17, 15) is 0 Å². The first kappa shape index (κ1) is 13.0. The molecule has 0 bridgehead atoms. The Balaban J connectivity index is 1.72. The predicted octanol–water partition coefficient (Wildman–Crippen LogP) is 4.58. The third-order valence-electron chi connectivity index (χ3n) is 3.44. The molecule has 1 aromatic carbocycles. The van der Waals surface area contributed by atoms with Gasteiger partial charge in [0.1, 0.15) is 0 Å². The van der Waals surface area contributed by atoms with Crippen LogP contribution in [-0.4, -0.2) is 4.68 Å². The second-order valence-corrected chi connectivity index (χ2v) is 5.95. The van der Waals surface area contributed by atoms with Gasteiger partial charge in [-0.1, -0.05) is 30.3 Å². The van der Waals surface area contributed by atoms with E-state index in [4.69, 9.17) is 0 Å². The van der Waals surface area contributed by atoms with Crippen molar-refractivity contribution < 1.29 is 0 Å². The lowest BCUT2D eigenvalue weighted by Crippen LogP contribution is -2.16. The molecule has 1 N–H and O–H groups in total. The lowest BCUT2D eigenvalue weighted by atomic mass is 10.1. The zero-order valence-electron chi connectivity index (χ0n) is 11.8. The topological polar surface area (TPSA) is 17.0 Å². The van der Waals surface area contributed by atoms with Gasteiger partial charge in [-0.3, -0.25) is 4.68 Å². The van der Waals surface area contributed by atoms with Crippen molar-refractivity contribution in [2.45, 2.75) is 20.4 Å². The monoisotopic (exact) mass is 282 g/mol. The number of hydrogen-bond acceptors (Lipinski definition) is 2. The Bertz CT molecular complexity index is 675. The number of benzene rings is 1. The summed E-state index contributed by atoms with van der Waals surface area (Å²) in [6, 6.07) is 17.0. The Morgan fingerprint density at radius 2 is 1.65 bits per heavy atom. The van der Waals surface area contributed by atoms with Crippen LogP contribution in [-0.2, 0) is 6.54 Å². The maximum atomic E-state index is 3.47. The van der Waals surface area contributed by atoms with E-state index in [1.54, 1.807) is 11.3 Å². The van der Waals surface area contributed by atoms with Crippen LogP contribution < -0.4 is 5.43 Å². The van der Waals surface area contributed by atoms with E-state index in [2.05, 4.69) is 77.9 Å². The van der Waals surface area contributed by atoms with E-state index in [1.807, 2.05) is 0 Å². The minimum atomic E-state index is 0.855. The molecule has 0 atom stereocenters. The Labute approximate surface area is 123 Å². The van der Waals surface area contributed by atoms with Crippen LogP contribution in [0.15, 0.2) is 53.9 Å². The molecular formula is C17H18N2S. The summed E-state index contributed by atoms with van der Waals surface area (Å²) < 4.78 is 2.14. The first-order valence-electron chi connectivity index (χ1n) is 6.76. The van der Waals surface area contributed by atoms with Gasteiger partial charge in [-0.15, -0.1) is 11.3 Å². The van der Waals surface area contributed by atoms with Gasteiger partial charge in [-0.05, 0) is 48.6 Å². The molecule has 2 aromatic heterocycles. The summed E-state index contributed by atoms with van der Waals surface area (Å²) in [4.78, 5) is 1.34. The Morgan fingerprint density at radius 3 is 2.35 bits per heavy atom. The van der Waals surface area contributed by atoms with Crippen molar-refractivity contribution in [3.05, 3.63) is 70.2 Å². The summed E-state index contributed by atoms with van der Waals surface area (Å²) in [5, 5.41) is 2.22. The summed E-state index contributed by atoms with van der Waals surface area (Å²) in [7, 11) is 0. The zero-order valence-corrected chi connectivity index (χ0v) is 12.6. The fraction of sp³-hybridized carbons (Fsp3) is 0.176. The quantitative estimate of drug-likeness (QED) is 0.741. The summed E-state index contributed by atoms with van der Waals surface area (Å²) >= 11 is 1.80. The van der Waals surface area contributed by atoms with E-state index in [0.717, 1.165) is 6.54 Å². The van der Waals surface area contributed by atoms with Crippen molar-refractivity contribution in [2.24, 2.45) is 0 Å². The molecule has 0 saturated heterocycles. The maximum Gasteiger partial charge on any atom is 0.0657 e. The molecule has 0 aliphatic carbocycles. The number of rotatable bonds is 4. The van der Waals surface area contributed by atoms with Gasteiger partial charge in [-0.25, -0.2) is 0 Å². The third kappa shape index (κ3) is 2.63. The first-order chi connectivity index (χ1) is 9.74. The number of aryl methyl sites for hydroxylation is 2. The normalized spacial score (nSPS) is 10.7. The highest BCUT2D eigenvalue weighted by atomic mass is 32.1. The average Bonchev–Trinajstić information content (AvgIpc) is 3.06. The molecule has 0 radical (unpaired) electrons. The van der Waals surface area contributed by atoms with E-state index in [-0.39, 0.29) is 0 Å². The summed E-state index contributed by atoms with van der Waals surface area (Å²) in [5.41, 5.74) is 8.53. The molecule has 3 aromatic rings. The van der Waals surface area contributed by atoms with Crippen LogP contribution in [0.2, 0.25) is 0 Å². The average molecular weight is 282 g/mol. The fourth-order valence-electron chi connectivity index (χ4n) is 2.33. The van der Waals surface area contributed by atoms with Gasteiger partial charge in [0.2, 0.25) is 0 Å². The largest absolute Gasteiger partial charge is 0.321 e. The molecule has 0 aliphatic heterocycles. The maximum absolute atomic E-state index is 3.47. The number of nitrogens with zero attached hydrogens (tertiary/aromatic N) is 1. The molecule has 0 spiro atoms. The van der Waals surface area contributed by atoms with Gasteiger partial charge in [0.25, 0.3) is 0 Å². The molecule has 20 heavy (non-hydrogen) atoms. The highest BCUT2D eigenvalue weighted by Gasteiger charge is 2.04. The standard InChI is InChI=1S/C17H18N2S/c1-13-8-9-14(2)19(13)18-11-17-10-16(12-20-17)15-6-4-3-5-7-15/h3-10,12,18H,11H2,1-2H3. The van der Waals surface area contributed by atoms with Crippen molar-refractivity contribution in [3.8, 4) is 11.1 Å². The number of thiophene rings is 1. The molecule has 0 aliphatic rings. The Kier molecular flexibility index (Phi) is 3.61. The van der Waals surface area contributed by atoms with Crippen molar-refractivity contribution >= 4 is 11.3 Å². The van der Waals surface area contributed by atoms with Crippen molar-refractivity contribution in [1.82, 2.24) is 4.68 Å². The molecule has 102 valence electrons. The van der Waals surface area contributed by atoms with Gasteiger partial charge in [-0.2, -0.15) is 0 Å². The highest BCUT2D eigenvalue weighted by Crippen LogP contribution is 2.25. The minimum Gasteiger partial charge on any atom is -0.321 e. The van der Waals surface area contributed by atoms with Crippen LogP contribution >= 0.6 is 11.3 Å². The molecule has 3 heteroatoms. The van der Waals surface area contributed by atoms with Crippen LogP contribution in [0.1, 0.15) is 16.3 Å². The fourth-order valence-corrected chi connectivity index (χ4v) is 3.16. The lowest BCUT2D eigenvalue weighted by Gasteiger charge is -2.11. The van der Waals surface area contributed by atoms with Gasteiger partial charge >= 0.3 is 0 Å². The molecule has 0 fully saturated rings. The number of aromatic nitrogens is 1. The SMILES string of the molecule is Cc1ccc(C)n1NCc1cc(-c2ccccc2)cs1. The number of hydrogen-bond donors (Lipinski definition) is 1. The second kappa shape index (κ2) is 5.55. The zero-order chi connectivity index (χ0) is 13.9. The van der Waals surface area contributed by atoms with Gasteiger partial charge < -0.3 is 5.43 Å². The molecule has 0 saturated carbocycles. The first-order valence-corrected chi connectivity index (χ1v) is 7.63. The van der Waals surface area contributed by atoms with Gasteiger partial charge in [0.05, 0.1) is 6.54 Å². The van der Waals surface area contributed by atoms with Crippen LogP contribution in [0.3, 0.4) is 0 Å². The summed E-state index contributed by atoms with van der Waals surface area (Å²) in [6.07, 6.45) is 0. The van der Waals surface area contributed by atoms with Crippen molar-refractivity contribution in [2.75, 3.05) is 5.43 Å². The van der Waals surface area contributed by atoms with Crippen LogP contribution in [0, 0.1) is 13.8 Å². The Hall–Kier alpha value is -2.00.